The van der Waals surface area contributed by atoms with Gasteiger partial charge in [0.15, 0.2) is 0 Å². The average molecular weight is 300 g/mol. The second kappa shape index (κ2) is 6.27. The predicted octanol–water partition coefficient (Wildman–Crippen LogP) is 1.82. The Labute approximate surface area is 129 Å². The molecule has 0 spiro atoms. The first-order valence-corrected chi connectivity index (χ1v) is 7.59. The molecule has 1 fully saturated rings. The fourth-order valence-electron chi connectivity index (χ4n) is 2.52. The fourth-order valence-corrected chi connectivity index (χ4v) is 2.52. The Morgan fingerprint density at radius 2 is 1.82 bits per heavy atom. The number of carbonyl (C=O) groups is 1. The highest BCUT2D eigenvalue weighted by atomic mass is 16.4. The van der Waals surface area contributed by atoms with Crippen LogP contribution in [0.5, 0.6) is 0 Å². The number of carbonyl (C=O) groups excluding carboxylic acids is 1. The number of aryl methyl sites for hydroxylation is 1. The monoisotopic (exact) mass is 300 g/mol. The minimum atomic E-state index is -0.179. The quantitative estimate of drug-likeness (QED) is 0.865. The SMILES string of the molecule is CCN1CCN(C(=O)c2nnc(-c3ccc(C)cc3)o2)CC1. The second-order valence-corrected chi connectivity index (χ2v) is 5.50. The molecule has 0 aliphatic carbocycles. The van der Waals surface area contributed by atoms with Crippen molar-refractivity contribution in [3.05, 3.63) is 35.7 Å². The first-order chi connectivity index (χ1) is 10.7. The molecule has 22 heavy (non-hydrogen) atoms. The van der Waals surface area contributed by atoms with Crippen LogP contribution >= 0.6 is 0 Å². The summed E-state index contributed by atoms with van der Waals surface area (Å²) in [7, 11) is 0. The van der Waals surface area contributed by atoms with Crippen LogP contribution in [0.3, 0.4) is 0 Å². The van der Waals surface area contributed by atoms with Gasteiger partial charge in [0.2, 0.25) is 5.89 Å². The van der Waals surface area contributed by atoms with Crippen LogP contribution < -0.4 is 0 Å². The van der Waals surface area contributed by atoms with Gasteiger partial charge in [-0.25, -0.2) is 0 Å². The van der Waals surface area contributed by atoms with E-state index in [4.69, 9.17) is 4.42 Å². The number of nitrogens with zero attached hydrogens (tertiary/aromatic N) is 4. The maximum absolute atomic E-state index is 12.4. The Morgan fingerprint density at radius 1 is 1.14 bits per heavy atom. The normalized spacial score (nSPS) is 16.0. The molecule has 1 saturated heterocycles. The Morgan fingerprint density at radius 3 is 2.45 bits per heavy atom. The van der Waals surface area contributed by atoms with Gasteiger partial charge in [0.1, 0.15) is 0 Å². The predicted molar refractivity (Wildman–Crippen MR) is 82.5 cm³/mol. The lowest BCUT2D eigenvalue weighted by molar-refractivity contribution is 0.0605. The van der Waals surface area contributed by atoms with Gasteiger partial charge < -0.3 is 14.2 Å². The van der Waals surface area contributed by atoms with E-state index < -0.39 is 0 Å². The van der Waals surface area contributed by atoms with Crippen LogP contribution in [0.2, 0.25) is 0 Å². The van der Waals surface area contributed by atoms with Crippen molar-refractivity contribution in [3.63, 3.8) is 0 Å². The minimum Gasteiger partial charge on any atom is -0.412 e. The molecule has 116 valence electrons. The van der Waals surface area contributed by atoms with E-state index in [-0.39, 0.29) is 11.8 Å². The Bertz CT molecular complexity index is 642. The molecule has 1 aromatic carbocycles. The third-order valence-electron chi connectivity index (χ3n) is 4.01. The molecular weight excluding hydrogens is 280 g/mol. The van der Waals surface area contributed by atoms with Gasteiger partial charge in [-0.1, -0.05) is 24.6 Å². The molecule has 6 heteroatoms. The molecule has 0 radical (unpaired) electrons. The molecular formula is C16H20N4O2. The molecule has 0 saturated carbocycles. The third kappa shape index (κ3) is 3.01. The van der Waals surface area contributed by atoms with Gasteiger partial charge in [-0.15, -0.1) is 10.2 Å². The second-order valence-electron chi connectivity index (χ2n) is 5.50. The molecule has 1 aliphatic rings. The number of piperazine rings is 1. The Balaban J connectivity index is 1.71. The number of benzene rings is 1. The summed E-state index contributed by atoms with van der Waals surface area (Å²) in [6.07, 6.45) is 0. The first kappa shape index (κ1) is 14.7. The van der Waals surface area contributed by atoms with Crippen molar-refractivity contribution in [1.82, 2.24) is 20.0 Å². The lowest BCUT2D eigenvalue weighted by atomic mass is 10.1. The van der Waals surface area contributed by atoms with Gasteiger partial charge >= 0.3 is 11.8 Å². The number of hydrogen-bond acceptors (Lipinski definition) is 5. The van der Waals surface area contributed by atoms with E-state index in [1.54, 1.807) is 4.90 Å². The van der Waals surface area contributed by atoms with Crippen LogP contribution in [0.1, 0.15) is 23.2 Å². The van der Waals surface area contributed by atoms with Gasteiger partial charge in [-0.3, -0.25) is 4.79 Å². The lowest BCUT2D eigenvalue weighted by Crippen LogP contribution is -2.48. The topological polar surface area (TPSA) is 62.5 Å². The molecule has 0 bridgehead atoms. The molecule has 1 amide bonds. The molecule has 2 heterocycles. The van der Waals surface area contributed by atoms with Crippen LogP contribution in [0.4, 0.5) is 0 Å². The van der Waals surface area contributed by atoms with Crippen molar-refractivity contribution in [2.45, 2.75) is 13.8 Å². The van der Waals surface area contributed by atoms with E-state index >= 15 is 0 Å². The maximum Gasteiger partial charge on any atom is 0.311 e. The summed E-state index contributed by atoms with van der Waals surface area (Å²) in [6.45, 7) is 8.35. The van der Waals surface area contributed by atoms with Crippen molar-refractivity contribution in [3.8, 4) is 11.5 Å². The molecule has 2 aromatic rings. The van der Waals surface area contributed by atoms with E-state index in [0.29, 0.717) is 19.0 Å². The molecule has 1 aromatic heterocycles. The van der Waals surface area contributed by atoms with E-state index in [0.717, 1.165) is 30.8 Å². The summed E-state index contributed by atoms with van der Waals surface area (Å²) < 4.78 is 5.55. The van der Waals surface area contributed by atoms with E-state index in [2.05, 4.69) is 22.0 Å². The van der Waals surface area contributed by atoms with Crippen LogP contribution in [0.15, 0.2) is 28.7 Å². The van der Waals surface area contributed by atoms with Gasteiger partial charge in [-0.05, 0) is 25.6 Å². The van der Waals surface area contributed by atoms with E-state index in [9.17, 15) is 4.79 Å². The van der Waals surface area contributed by atoms with E-state index in [1.807, 2.05) is 31.2 Å². The van der Waals surface area contributed by atoms with Crippen LogP contribution in [-0.2, 0) is 0 Å². The first-order valence-electron chi connectivity index (χ1n) is 7.59. The zero-order chi connectivity index (χ0) is 15.5. The smallest absolute Gasteiger partial charge is 0.311 e. The summed E-state index contributed by atoms with van der Waals surface area (Å²) >= 11 is 0. The van der Waals surface area contributed by atoms with Crippen molar-refractivity contribution in [2.75, 3.05) is 32.7 Å². The highest BCUT2D eigenvalue weighted by Crippen LogP contribution is 2.19. The highest BCUT2D eigenvalue weighted by Gasteiger charge is 2.25. The van der Waals surface area contributed by atoms with Gasteiger partial charge in [0, 0.05) is 31.7 Å². The highest BCUT2D eigenvalue weighted by molar-refractivity contribution is 5.89. The Hall–Kier alpha value is -2.21. The van der Waals surface area contributed by atoms with Crippen molar-refractivity contribution >= 4 is 5.91 Å². The van der Waals surface area contributed by atoms with Crippen LogP contribution in [0.25, 0.3) is 11.5 Å². The van der Waals surface area contributed by atoms with Crippen molar-refractivity contribution in [1.29, 1.82) is 0 Å². The summed E-state index contributed by atoms with van der Waals surface area (Å²) in [6, 6.07) is 7.78. The fraction of sp³-hybridized carbons (Fsp3) is 0.438. The standard InChI is InChI=1S/C16H20N4O2/c1-3-19-8-10-20(11-9-19)16(21)15-18-17-14(22-15)13-6-4-12(2)5-7-13/h4-7H,3,8-11H2,1-2H3. The molecule has 6 nitrogen and oxygen atoms in total. The molecule has 0 atom stereocenters. The summed E-state index contributed by atoms with van der Waals surface area (Å²) in [5, 5.41) is 7.90. The zero-order valence-electron chi connectivity index (χ0n) is 13.0. The summed E-state index contributed by atoms with van der Waals surface area (Å²) in [5.41, 5.74) is 1.99. The largest absolute Gasteiger partial charge is 0.412 e. The minimum absolute atomic E-state index is 0.0699. The molecule has 0 unspecified atom stereocenters. The summed E-state index contributed by atoms with van der Waals surface area (Å²) in [4.78, 5) is 16.5. The average Bonchev–Trinajstić information content (AvgIpc) is 3.05. The van der Waals surface area contributed by atoms with Gasteiger partial charge in [0.25, 0.3) is 0 Å². The number of aromatic nitrogens is 2. The van der Waals surface area contributed by atoms with Crippen LogP contribution in [0, 0.1) is 6.92 Å². The number of likely N-dealkylation sites (N-methyl/N-ethyl adjacent to an activating group) is 1. The number of rotatable bonds is 3. The van der Waals surface area contributed by atoms with Crippen molar-refractivity contribution in [2.24, 2.45) is 0 Å². The lowest BCUT2D eigenvalue weighted by Gasteiger charge is -2.33. The van der Waals surface area contributed by atoms with Gasteiger partial charge in [0.05, 0.1) is 0 Å². The molecule has 3 rings (SSSR count). The molecule has 1 aliphatic heterocycles. The van der Waals surface area contributed by atoms with Crippen molar-refractivity contribution < 1.29 is 9.21 Å². The van der Waals surface area contributed by atoms with Crippen LogP contribution in [-0.4, -0.2) is 58.6 Å². The maximum atomic E-state index is 12.4. The summed E-state index contributed by atoms with van der Waals surface area (Å²) in [5.74, 6) is 0.276. The number of hydrogen-bond donors (Lipinski definition) is 0. The number of amides is 1. The Kier molecular flexibility index (Phi) is 4.20. The van der Waals surface area contributed by atoms with Gasteiger partial charge in [-0.2, -0.15) is 0 Å². The third-order valence-corrected chi connectivity index (χ3v) is 4.01. The molecule has 0 N–H and O–H groups in total. The zero-order valence-corrected chi connectivity index (χ0v) is 13.0. The van der Waals surface area contributed by atoms with E-state index in [1.165, 1.54) is 0 Å².